The van der Waals surface area contributed by atoms with Gasteiger partial charge >= 0.3 is 5.97 Å². The van der Waals surface area contributed by atoms with Crippen molar-refractivity contribution in [3.05, 3.63) is 99.2 Å². The summed E-state index contributed by atoms with van der Waals surface area (Å²) in [6, 6.07) is 19.5. The Kier molecular flexibility index (Phi) is 6.92. The number of ether oxygens (including phenoxy) is 1. The van der Waals surface area contributed by atoms with Gasteiger partial charge < -0.3 is 9.15 Å². The van der Waals surface area contributed by atoms with E-state index < -0.39 is 11.4 Å². The van der Waals surface area contributed by atoms with Crippen LogP contribution in [0.15, 0.2) is 75.9 Å². The summed E-state index contributed by atoms with van der Waals surface area (Å²) in [5.74, 6) is -1.02. The number of benzene rings is 3. The number of aryl methyl sites for hydroxylation is 2. The number of nitrogens with zero attached hydrogens (tertiary/aromatic N) is 1. The van der Waals surface area contributed by atoms with Gasteiger partial charge in [0.15, 0.2) is 5.76 Å². The molecular formula is C31H27NO6. The number of amides is 2. The minimum atomic E-state index is -0.543. The van der Waals surface area contributed by atoms with Crippen molar-refractivity contribution < 1.29 is 23.5 Å². The minimum absolute atomic E-state index is 0.0841. The first-order chi connectivity index (χ1) is 18.3. The zero-order valence-corrected chi connectivity index (χ0v) is 21.3. The summed E-state index contributed by atoms with van der Waals surface area (Å²) in [7, 11) is 0. The van der Waals surface area contributed by atoms with Crippen molar-refractivity contribution in [3.8, 4) is 17.1 Å². The van der Waals surface area contributed by atoms with Gasteiger partial charge in [0, 0.05) is 18.5 Å². The molecule has 0 fully saturated rings. The van der Waals surface area contributed by atoms with Crippen molar-refractivity contribution in [2.24, 2.45) is 0 Å². The normalized spacial score (nSPS) is 12.7. The Hall–Kier alpha value is -4.52. The molecule has 192 valence electrons. The van der Waals surface area contributed by atoms with Gasteiger partial charge in [-0.2, -0.15) is 0 Å². The van der Waals surface area contributed by atoms with Crippen LogP contribution in [-0.4, -0.2) is 29.2 Å². The molecule has 0 saturated carbocycles. The highest BCUT2D eigenvalue weighted by molar-refractivity contribution is 6.21. The Bertz CT molecular complexity index is 1580. The summed E-state index contributed by atoms with van der Waals surface area (Å²) in [6.45, 7) is 4.12. The molecular weight excluding hydrogens is 482 g/mol. The largest absolute Gasteiger partial charge is 0.452 e. The van der Waals surface area contributed by atoms with Crippen LogP contribution in [0.5, 0.6) is 5.75 Å². The SMILES string of the molecule is Cc1ccc(-c2oc3ccc(C)cc3c(=O)c2OC(=O)CCCCCN2C(=O)c3ccccc3C2=O)cc1. The van der Waals surface area contributed by atoms with Crippen molar-refractivity contribution in [2.75, 3.05) is 6.54 Å². The lowest BCUT2D eigenvalue weighted by atomic mass is 10.1. The summed E-state index contributed by atoms with van der Waals surface area (Å²) < 4.78 is 11.7. The number of fused-ring (bicyclic) bond motifs is 2. The van der Waals surface area contributed by atoms with Gasteiger partial charge in [0.2, 0.25) is 11.2 Å². The molecule has 0 unspecified atom stereocenters. The molecule has 0 radical (unpaired) electrons. The quantitative estimate of drug-likeness (QED) is 0.168. The second-order valence-electron chi connectivity index (χ2n) is 9.55. The first-order valence-corrected chi connectivity index (χ1v) is 12.6. The number of carbonyl (C=O) groups is 3. The minimum Gasteiger partial charge on any atom is -0.452 e. The van der Waals surface area contributed by atoms with Crippen LogP contribution in [0.25, 0.3) is 22.3 Å². The van der Waals surface area contributed by atoms with Gasteiger partial charge in [-0.05, 0) is 51.0 Å². The fourth-order valence-corrected chi connectivity index (χ4v) is 4.60. The Labute approximate surface area is 219 Å². The van der Waals surface area contributed by atoms with Crippen LogP contribution in [0.3, 0.4) is 0 Å². The molecule has 2 amide bonds. The second-order valence-corrected chi connectivity index (χ2v) is 9.55. The van der Waals surface area contributed by atoms with Crippen LogP contribution in [0.1, 0.15) is 57.5 Å². The zero-order chi connectivity index (χ0) is 26.8. The van der Waals surface area contributed by atoms with Crippen LogP contribution in [0, 0.1) is 13.8 Å². The molecule has 0 saturated heterocycles. The molecule has 1 aromatic heterocycles. The van der Waals surface area contributed by atoms with Crippen LogP contribution < -0.4 is 10.2 Å². The second kappa shape index (κ2) is 10.5. The van der Waals surface area contributed by atoms with Crippen LogP contribution in [0.4, 0.5) is 0 Å². The first kappa shape index (κ1) is 25.1. The standard InChI is InChI=1S/C31H27NO6/c1-19-11-14-21(15-12-19)28-29(27(34)24-18-20(2)13-16-25(24)37-28)38-26(33)10-4-3-7-17-32-30(35)22-8-5-6-9-23(22)31(32)36/h5-6,8-9,11-16,18H,3-4,7,10,17H2,1-2H3. The zero-order valence-electron chi connectivity index (χ0n) is 21.3. The molecule has 7 heteroatoms. The van der Waals surface area contributed by atoms with Crippen molar-refractivity contribution in [2.45, 2.75) is 39.5 Å². The van der Waals surface area contributed by atoms with E-state index in [0.717, 1.165) is 11.1 Å². The molecule has 0 N–H and O–H groups in total. The average molecular weight is 510 g/mol. The van der Waals surface area contributed by atoms with Gasteiger partial charge in [-0.3, -0.25) is 24.1 Å². The summed E-state index contributed by atoms with van der Waals surface area (Å²) in [6.07, 6.45) is 1.74. The highest BCUT2D eigenvalue weighted by Crippen LogP contribution is 2.32. The molecule has 4 aromatic rings. The van der Waals surface area contributed by atoms with Crippen LogP contribution >= 0.6 is 0 Å². The van der Waals surface area contributed by atoms with Crippen molar-refractivity contribution >= 4 is 28.8 Å². The van der Waals surface area contributed by atoms with E-state index in [1.165, 1.54) is 4.90 Å². The molecule has 1 aliphatic rings. The van der Waals surface area contributed by atoms with E-state index in [1.807, 2.05) is 44.2 Å². The number of carbonyl (C=O) groups excluding carboxylic acids is 3. The summed E-state index contributed by atoms with van der Waals surface area (Å²) >= 11 is 0. The number of esters is 1. The Morgan fingerprint density at radius 1 is 0.816 bits per heavy atom. The number of hydrogen-bond donors (Lipinski definition) is 0. The molecule has 38 heavy (non-hydrogen) atoms. The number of unbranched alkanes of at least 4 members (excludes halogenated alkanes) is 2. The van der Waals surface area contributed by atoms with Crippen molar-refractivity contribution in [1.82, 2.24) is 4.90 Å². The lowest BCUT2D eigenvalue weighted by Crippen LogP contribution is -2.30. The topological polar surface area (TPSA) is 93.9 Å². The molecule has 2 heterocycles. The smallest absolute Gasteiger partial charge is 0.311 e. The fourth-order valence-electron chi connectivity index (χ4n) is 4.60. The number of imide groups is 1. The monoisotopic (exact) mass is 509 g/mol. The molecule has 0 spiro atoms. The predicted molar refractivity (Wildman–Crippen MR) is 143 cm³/mol. The maximum absolute atomic E-state index is 13.3. The predicted octanol–water partition coefficient (Wildman–Crippen LogP) is 5.84. The molecule has 0 atom stereocenters. The summed E-state index contributed by atoms with van der Waals surface area (Å²) in [5, 5.41) is 0.351. The van der Waals surface area contributed by atoms with Crippen molar-refractivity contribution in [1.29, 1.82) is 0 Å². The van der Waals surface area contributed by atoms with E-state index in [0.29, 0.717) is 46.9 Å². The van der Waals surface area contributed by atoms with Crippen LogP contribution in [-0.2, 0) is 4.79 Å². The molecule has 1 aliphatic heterocycles. The highest BCUT2D eigenvalue weighted by atomic mass is 16.5. The van der Waals surface area contributed by atoms with Gasteiger partial charge in [0.05, 0.1) is 16.5 Å². The third kappa shape index (κ3) is 4.87. The fraction of sp³-hybridized carbons (Fsp3) is 0.226. The van der Waals surface area contributed by atoms with Gasteiger partial charge in [0.1, 0.15) is 5.58 Å². The number of rotatable bonds is 8. The molecule has 0 bridgehead atoms. The van der Waals surface area contributed by atoms with Gasteiger partial charge in [-0.1, -0.05) is 60.0 Å². The Morgan fingerprint density at radius 2 is 1.47 bits per heavy atom. The average Bonchev–Trinajstić information content (AvgIpc) is 3.15. The molecule has 5 rings (SSSR count). The lowest BCUT2D eigenvalue weighted by Gasteiger charge is -2.13. The third-order valence-corrected chi connectivity index (χ3v) is 6.67. The van der Waals surface area contributed by atoms with E-state index in [-0.39, 0.29) is 36.3 Å². The Morgan fingerprint density at radius 3 is 2.16 bits per heavy atom. The van der Waals surface area contributed by atoms with Gasteiger partial charge in [0.25, 0.3) is 11.8 Å². The van der Waals surface area contributed by atoms with E-state index >= 15 is 0 Å². The van der Waals surface area contributed by atoms with Gasteiger partial charge in [-0.15, -0.1) is 0 Å². The van der Waals surface area contributed by atoms with E-state index in [2.05, 4.69) is 0 Å². The van der Waals surface area contributed by atoms with Crippen LogP contribution in [0.2, 0.25) is 0 Å². The van der Waals surface area contributed by atoms with Gasteiger partial charge in [-0.25, -0.2) is 0 Å². The third-order valence-electron chi connectivity index (χ3n) is 6.67. The van der Waals surface area contributed by atoms with E-state index in [9.17, 15) is 19.2 Å². The van der Waals surface area contributed by atoms with E-state index in [1.54, 1.807) is 36.4 Å². The van der Waals surface area contributed by atoms with E-state index in [4.69, 9.17) is 9.15 Å². The first-order valence-electron chi connectivity index (χ1n) is 12.6. The maximum Gasteiger partial charge on any atom is 0.311 e. The lowest BCUT2D eigenvalue weighted by molar-refractivity contribution is -0.134. The maximum atomic E-state index is 13.3. The molecule has 3 aromatic carbocycles. The summed E-state index contributed by atoms with van der Waals surface area (Å²) in [5.41, 5.74) is 3.45. The number of hydrogen-bond acceptors (Lipinski definition) is 6. The van der Waals surface area contributed by atoms with Crippen molar-refractivity contribution in [3.63, 3.8) is 0 Å². The Balaban J connectivity index is 1.25. The molecule has 7 nitrogen and oxygen atoms in total. The molecule has 0 aliphatic carbocycles. The highest BCUT2D eigenvalue weighted by Gasteiger charge is 2.34. The summed E-state index contributed by atoms with van der Waals surface area (Å²) in [4.78, 5) is 52.3.